The van der Waals surface area contributed by atoms with E-state index in [1.807, 2.05) is 42.2 Å². The average molecular weight is 333 g/mol. The number of aryl methyl sites for hydroxylation is 1. The van der Waals surface area contributed by atoms with Gasteiger partial charge in [0, 0.05) is 29.4 Å². The van der Waals surface area contributed by atoms with Crippen molar-refractivity contribution in [2.45, 2.75) is 32.7 Å². The Labute approximate surface area is 144 Å². The standard InChI is InChI=1S/C18H19N7/c1-10-7-19-16-6-5-15(24-25(10)16)13-8-20-17-14(13)9-21-18(23-17)22-11(2)12-3-4-12/h5-9,11-12H,3-4H2,1-2H3,(H2,20,21,22,23)/t11-/m1/s1. The minimum absolute atomic E-state index is 0.417. The fourth-order valence-corrected chi connectivity index (χ4v) is 3.24. The highest BCUT2D eigenvalue weighted by atomic mass is 15.3. The molecule has 7 nitrogen and oxygen atoms in total. The van der Waals surface area contributed by atoms with E-state index in [9.17, 15) is 0 Å². The number of H-pyrrole nitrogens is 1. The second-order valence-corrected chi connectivity index (χ2v) is 6.82. The molecule has 4 aromatic rings. The van der Waals surface area contributed by atoms with Gasteiger partial charge in [-0.2, -0.15) is 10.1 Å². The minimum Gasteiger partial charge on any atom is -0.351 e. The number of imidazole rings is 1. The topological polar surface area (TPSA) is 83.8 Å². The smallest absolute Gasteiger partial charge is 0.224 e. The highest BCUT2D eigenvalue weighted by Crippen LogP contribution is 2.34. The summed E-state index contributed by atoms with van der Waals surface area (Å²) in [6.45, 7) is 4.19. The first kappa shape index (κ1) is 14.4. The lowest BCUT2D eigenvalue weighted by atomic mass is 10.2. The van der Waals surface area contributed by atoms with Crippen LogP contribution >= 0.6 is 0 Å². The summed E-state index contributed by atoms with van der Waals surface area (Å²) in [6, 6.07) is 4.37. The summed E-state index contributed by atoms with van der Waals surface area (Å²) in [6.07, 6.45) is 8.22. The number of fused-ring (bicyclic) bond motifs is 2. The number of rotatable bonds is 4. The quantitative estimate of drug-likeness (QED) is 0.599. The Bertz CT molecular complexity index is 1070. The lowest BCUT2D eigenvalue weighted by Gasteiger charge is -2.12. The Kier molecular flexibility index (Phi) is 3.03. The van der Waals surface area contributed by atoms with Crippen LogP contribution in [0.25, 0.3) is 27.9 Å². The average Bonchev–Trinajstić information content (AvgIpc) is 3.30. The van der Waals surface area contributed by atoms with Crippen molar-refractivity contribution in [2.75, 3.05) is 5.32 Å². The van der Waals surface area contributed by atoms with E-state index in [4.69, 9.17) is 5.10 Å². The Morgan fingerprint density at radius 2 is 2.12 bits per heavy atom. The van der Waals surface area contributed by atoms with E-state index in [1.165, 1.54) is 12.8 Å². The maximum Gasteiger partial charge on any atom is 0.224 e. The number of nitrogens with one attached hydrogen (secondary N) is 2. The van der Waals surface area contributed by atoms with Gasteiger partial charge in [0.1, 0.15) is 5.65 Å². The Balaban J connectivity index is 1.53. The van der Waals surface area contributed by atoms with Gasteiger partial charge in [-0.05, 0) is 44.7 Å². The van der Waals surface area contributed by atoms with Crippen LogP contribution in [0.5, 0.6) is 0 Å². The van der Waals surface area contributed by atoms with Gasteiger partial charge in [0.2, 0.25) is 5.95 Å². The van der Waals surface area contributed by atoms with Crippen molar-refractivity contribution in [1.82, 2.24) is 29.5 Å². The van der Waals surface area contributed by atoms with Gasteiger partial charge in [-0.25, -0.2) is 14.5 Å². The second-order valence-electron chi connectivity index (χ2n) is 6.82. The molecule has 0 radical (unpaired) electrons. The maximum atomic E-state index is 4.69. The zero-order valence-electron chi connectivity index (χ0n) is 14.2. The molecule has 126 valence electrons. The number of hydrogen-bond acceptors (Lipinski definition) is 5. The van der Waals surface area contributed by atoms with Crippen molar-refractivity contribution >= 4 is 22.6 Å². The normalized spacial score (nSPS) is 15.8. The van der Waals surface area contributed by atoms with Crippen molar-refractivity contribution in [3.63, 3.8) is 0 Å². The van der Waals surface area contributed by atoms with Crippen LogP contribution in [0.4, 0.5) is 5.95 Å². The van der Waals surface area contributed by atoms with Crippen LogP contribution in [-0.4, -0.2) is 35.6 Å². The van der Waals surface area contributed by atoms with E-state index >= 15 is 0 Å². The van der Waals surface area contributed by atoms with Crippen molar-refractivity contribution < 1.29 is 0 Å². The molecule has 4 heterocycles. The van der Waals surface area contributed by atoms with Gasteiger partial charge in [-0.15, -0.1) is 0 Å². The first-order valence-electron chi connectivity index (χ1n) is 8.61. The summed E-state index contributed by atoms with van der Waals surface area (Å²) < 4.78 is 1.85. The summed E-state index contributed by atoms with van der Waals surface area (Å²) in [7, 11) is 0. The molecule has 0 saturated heterocycles. The molecule has 5 rings (SSSR count). The summed E-state index contributed by atoms with van der Waals surface area (Å²) >= 11 is 0. The summed E-state index contributed by atoms with van der Waals surface area (Å²) in [4.78, 5) is 16.7. The molecule has 0 amide bonds. The van der Waals surface area contributed by atoms with Crippen LogP contribution in [0.3, 0.4) is 0 Å². The molecule has 1 aliphatic carbocycles. The van der Waals surface area contributed by atoms with Gasteiger partial charge in [0.15, 0.2) is 5.65 Å². The molecule has 4 aromatic heterocycles. The first-order valence-corrected chi connectivity index (χ1v) is 8.61. The maximum absolute atomic E-state index is 4.69. The van der Waals surface area contributed by atoms with Crippen LogP contribution < -0.4 is 5.32 Å². The molecule has 0 aliphatic heterocycles. The monoisotopic (exact) mass is 333 g/mol. The van der Waals surface area contributed by atoms with Crippen molar-refractivity contribution in [3.05, 3.63) is 36.4 Å². The number of nitrogens with zero attached hydrogens (tertiary/aromatic N) is 5. The molecule has 0 aromatic carbocycles. The van der Waals surface area contributed by atoms with Gasteiger partial charge in [-0.3, -0.25) is 0 Å². The molecular formula is C18H19N7. The summed E-state index contributed by atoms with van der Waals surface area (Å²) in [5.41, 5.74) is 4.54. The van der Waals surface area contributed by atoms with E-state index < -0.39 is 0 Å². The van der Waals surface area contributed by atoms with Gasteiger partial charge < -0.3 is 10.3 Å². The molecule has 0 unspecified atom stereocenters. The highest BCUT2D eigenvalue weighted by Gasteiger charge is 2.28. The number of aromatic amines is 1. The van der Waals surface area contributed by atoms with E-state index in [-0.39, 0.29) is 0 Å². The summed E-state index contributed by atoms with van der Waals surface area (Å²) in [5, 5.41) is 9.06. The van der Waals surface area contributed by atoms with Crippen molar-refractivity contribution in [2.24, 2.45) is 5.92 Å². The van der Waals surface area contributed by atoms with Gasteiger partial charge in [0.25, 0.3) is 0 Å². The minimum atomic E-state index is 0.417. The predicted octanol–water partition coefficient (Wildman–Crippen LogP) is 3.19. The van der Waals surface area contributed by atoms with Gasteiger partial charge in [-0.1, -0.05) is 0 Å². The third kappa shape index (κ3) is 2.43. The molecular weight excluding hydrogens is 314 g/mol. The third-order valence-electron chi connectivity index (χ3n) is 4.93. The van der Waals surface area contributed by atoms with E-state index in [0.717, 1.165) is 39.5 Å². The van der Waals surface area contributed by atoms with Gasteiger partial charge in [0.05, 0.1) is 17.6 Å². The van der Waals surface area contributed by atoms with Crippen LogP contribution in [0.1, 0.15) is 25.5 Å². The second kappa shape index (κ2) is 5.27. The molecule has 1 fully saturated rings. The Morgan fingerprint density at radius 1 is 1.24 bits per heavy atom. The highest BCUT2D eigenvalue weighted by molar-refractivity contribution is 5.92. The van der Waals surface area contributed by atoms with Gasteiger partial charge >= 0.3 is 0 Å². The van der Waals surface area contributed by atoms with E-state index in [1.54, 1.807) is 0 Å². The molecule has 25 heavy (non-hydrogen) atoms. The van der Waals surface area contributed by atoms with Crippen molar-refractivity contribution in [3.8, 4) is 11.3 Å². The number of anilines is 1. The molecule has 1 atom stereocenters. The molecule has 1 aliphatic rings. The van der Waals surface area contributed by atoms with Crippen LogP contribution in [0.15, 0.2) is 30.7 Å². The largest absolute Gasteiger partial charge is 0.351 e. The van der Waals surface area contributed by atoms with E-state index in [2.05, 4.69) is 32.2 Å². The third-order valence-corrected chi connectivity index (χ3v) is 4.93. The number of hydrogen-bond donors (Lipinski definition) is 2. The van der Waals surface area contributed by atoms with Crippen LogP contribution in [-0.2, 0) is 0 Å². The lowest BCUT2D eigenvalue weighted by molar-refractivity contribution is 0.687. The molecule has 1 saturated carbocycles. The first-order chi connectivity index (χ1) is 12.2. The lowest BCUT2D eigenvalue weighted by Crippen LogP contribution is -2.18. The van der Waals surface area contributed by atoms with E-state index in [0.29, 0.717) is 12.0 Å². The Morgan fingerprint density at radius 3 is 2.96 bits per heavy atom. The zero-order chi connectivity index (χ0) is 17.0. The zero-order valence-corrected chi connectivity index (χ0v) is 14.2. The molecule has 0 bridgehead atoms. The van der Waals surface area contributed by atoms with Crippen molar-refractivity contribution in [1.29, 1.82) is 0 Å². The van der Waals surface area contributed by atoms with Crippen LogP contribution in [0, 0.1) is 12.8 Å². The molecule has 0 spiro atoms. The SMILES string of the molecule is Cc1cnc2ccc(-c3c[nH]c4nc(N[C@H](C)C5CC5)ncc34)nn12. The number of aromatic nitrogens is 6. The predicted molar refractivity (Wildman–Crippen MR) is 96.4 cm³/mol. The summed E-state index contributed by atoms with van der Waals surface area (Å²) in [5.74, 6) is 1.43. The van der Waals surface area contributed by atoms with Crippen LogP contribution in [0.2, 0.25) is 0 Å². The fraction of sp³-hybridized carbons (Fsp3) is 0.333. The Hall–Kier alpha value is -2.96. The molecule has 7 heteroatoms. The molecule has 2 N–H and O–H groups in total. The fourth-order valence-electron chi connectivity index (χ4n) is 3.24.